The quantitative estimate of drug-likeness (QED) is 0.805. The van der Waals surface area contributed by atoms with E-state index in [1.807, 2.05) is 12.1 Å². The summed E-state index contributed by atoms with van der Waals surface area (Å²) >= 11 is 0. The molecule has 0 bridgehead atoms. The molecule has 94 valence electrons. The first-order chi connectivity index (χ1) is 8.72. The van der Waals surface area contributed by atoms with Gasteiger partial charge in [-0.15, -0.1) is 0 Å². The van der Waals surface area contributed by atoms with E-state index in [9.17, 15) is 4.79 Å². The van der Waals surface area contributed by atoms with Crippen LogP contribution in [0, 0.1) is 0 Å². The Morgan fingerprint density at radius 1 is 1.56 bits per heavy atom. The van der Waals surface area contributed by atoms with Crippen LogP contribution in [0.15, 0.2) is 27.6 Å². The van der Waals surface area contributed by atoms with E-state index < -0.39 is 0 Å². The third-order valence-corrected chi connectivity index (χ3v) is 3.13. The van der Waals surface area contributed by atoms with E-state index in [1.165, 1.54) is 0 Å². The molecule has 0 radical (unpaired) electrons. The average Bonchev–Trinajstić information content (AvgIpc) is 2.83. The molecule has 1 aliphatic heterocycles. The number of aromatic amines is 1. The summed E-state index contributed by atoms with van der Waals surface area (Å²) in [5.74, 6) is 1.09. The van der Waals surface area contributed by atoms with Gasteiger partial charge in [0, 0.05) is 19.5 Å². The lowest BCUT2D eigenvalue weighted by Crippen LogP contribution is -2.35. The van der Waals surface area contributed by atoms with Crippen molar-refractivity contribution in [2.45, 2.75) is 19.5 Å². The minimum atomic E-state index is -0.137. The van der Waals surface area contributed by atoms with E-state index in [-0.39, 0.29) is 11.5 Å². The fourth-order valence-corrected chi connectivity index (χ4v) is 2.26. The summed E-state index contributed by atoms with van der Waals surface area (Å²) in [5, 5.41) is 0. The van der Waals surface area contributed by atoms with Crippen molar-refractivity contribution in [3.63, 3.8) is 0 Å². The molecule has 0 aliphatic carbocycles. The molecule has 6 heteroatoms. The van der Waals surface area contributed by atoms with Crippen molar-refractivity contribution in [1.82, 2.24) is 14.9 Å². The van der Waals surface area contributed by atoms with Crippen molar-refractivity contribution < 1.29 is 4.42 Å². The topological polar surface area (TPSA) is 88.1 Å². The highest BCUT2D eigenvalue weighted by Crippen LogP contribution is 2.16. The van der Waals surface area contributed by atoms with Crippen molar-refractivity contribution in [2.75, 3.05) is 12.3 Å². The van der Waals surface area contributed by atoms with E-state index in [0.717, 1.165) is 24.4 Å². The molecule has 0 fully saturated rings. The zero-order chi connectivity index (χ0) is 12.5. The third kappa shape index (κ3) is 2.02. The van der Waals surface area contributed by atoms with Crippen molar-refractivity contribution in [3.05, 3.63) is 45.8 Å². The molecule has 0 atom stereocenters. The van der Waals surface area contributed by atoms with Crippen LogP contribution in [0.2, 0.25) is 0 Å². The number of fused-ring (bicyclic) bond motifs is 1. The number of nitrogens with two attached hydrogens (primary N) is 1. The van der Waals surface area contributed by atoms with Crippen LogP contribution in [-0.4, -0.2) is 21.4 Å². The largest absolute Gasteiger partial charge is 0.468 e. The number of nitrogen functional groups attached to an aromatic ring is 1. The van der Waals surface area contributed by atoms with Crippen LogP contribution in [0.3, 0.4) is 0 Å². The molecule has 3 rings (SSSR count). The lowest BCUT2D eigenvalue weighted by molar-refractivity contribution is 0.222. The van der Waals surface area contributed by atoms with Crippen LogP contribution in [0.1, 0.15) is 17.0 Å². The Bertz CT molecular complexity index is 603. The number of rotatable bonds is 2. The Kier molecular flexibility index (Phi) is 2.64. The third-order valence-electron chi connectivity index (χ3n) is 3.13. The Hall–Kier alpha value is -2.08. The second-order valence-corrected chi connectivity index (χ2v) is 4.42. The average molecular weight is 246 g/mol. The minimum Gasteiger partial charge on any atom is -0.468 e. The fourth-order valence-electron chi connectivity index (χ4n) is 2.26. The number of nitrogens with one attached hydrogen (secondary N) is 1. The maximum atomic E-state index is 11.8. The molecular weight excluding hydrogens is 232 g/mol. The SMILES string of the molecule is Nc1nc2c(c(=O)[nH]1)CN(Cc1ccco1)CC2. The monoisotopic (exact) mass is 246 g/mol. The summed E-state index contributed by atoms with van der Waals surface area (Å²) in [5.41, 5.74) is 6.92. The van der Waals surface area contributed by atoms with E-state index in [1.54, 1.807) is 6.26 Å². The van der Waals surface area contributed by atoms with Crippen LogP contribution in [0.25, 0.3) is 0 Å². The summed E-state index contributed by atoms with van der Waals surface area (Å²) in [6.45, 7) is 2.14. The number of hydrogen-bond acceptors (Lipinski definition) is 5. The Labute approximate surface area is 103 Å². The maximum absolute atomic E-state index is 11.8. The molecule has 0 amide bonds. The van der Waals surface area contributed by atoms with Crippen molar-refractivity contribution >= 4 is 5.95 Å². The van der Waals surface area contributed by atoms with Crippen LogP contribution in [0.5, 0.6) is 0 Å². The van der Waals surface area contributed by atoms with Crippen LogP contribution in [0.4, 0.5) is 5.95 Å². The number of H-pyrrole nitrogens is 1. The van der Waals surface area contributed by atoms with Gasteiger partial charge >= 0.3 is 0 Å². The van der Waals surface area contributed by atoms with E-state index in [2.05, 4.69) is 14.9 Å². The van der Waals surface area contributed by atoms with Crippen molar-refractivity contribution in [2.24, 2.45) is 0 Å². The van der Waals surface area contributed by atoms with Crippen LogP contribution < -0.4 is 11.3 Å². The van der Waals surface area contributed by atoms with Gasteiger partial charge in [-0.2, -0.15) is 0 Å². The lowest BCUT2D eigenvalue weighted by Gasteiger charge is -2.26. The Morgan fingerprint density at radius 3 is 3.22 bits per heavy atom. The molecule has 0 unspecified atom stereocenters. The maximum Gasteiger partial charge on any atom is 0.257 e. The highest BCUT2D eigenvalue weighted by atomic mass is 16.3. The summed E-state index contributed by atoms with van der Waals surface area (Å²) in [7, 11) is 0. The molecular formula is C12H14N4O2. The molecule has 1 aliphatic rings. The van der Waals surface area contributed by atoms with Crippen molar-refractivity contribution in [3.8, 4) is 0 Å². The van der Waals surface area contributed by atoms with Gasteiger partial charge < -0.3 is 10.2 Å². The summed E-state index contributed by atoms with van der Waals surface area (Å²) in [6, 6.07) is 3.79. The second-order valence-electron chi connectivity index (χ2n) is 4.42. The van der Waals surface area contributed by atoms with Gasteiger partial charge in [-0.25, -0.2) is 4.98 Å². The van der Waals surface area contributed by atoms with Crippen LogP contribution in [-0.2, 0) is 19.5 Å². The first-order valence-electron chi connectivity index (χ1n) is 5.84. The number of nitrogens with zero attached hydrogens (tertiary/aromatic N) is 2. The summed E-state index contributed by atoms with van der Waals surface area (Å²) < 4.78 is 5.31. The lowest BCUT2D eigenvalue weighted by atomic mass is 10.1. The van der Waals surface area contributed by atoms with E-state index >= 15 is 0 Å². The van der Waals surface area contributed by atoms with Gasteiger partial charge in [0.2, 0.25) is 5.95 Å². The van der Waals surface area contributed by atoms with Gasteiger partial charge in [-0.05, 0) is 12.1 Å². The normalized spacial score (nSPS) is 15.6. The zero-order valence-electron chi connectivity index (χ0n) is 9.85. The molecule has 3 N–H and O–H groups in total. The molecule has 3 heterocycles. The number of hydrogen-bond donors (Lipinski definition) is 2. The molecule has 6 nitrogen and oxygen atoms in total. The molecule has 18 heavy (non-hydrogen) atoms. The molecule has 0 saturated heterocycles. The predicted molar refractivity (Wildman–Crippen MR) is 65.8 cm³/mol. The van der Waals surface area contributed by atoms with Gasteiger partial charge in [-0.1, -0.05) is 0 Å². The van der Waals surface area contributed by atoms with Crippen LogP contribution >= 0.6 is 0 Å². The number of aromatic nitrogens is 2. The van der Waals surface area contributed by atoms with Gasteiger partial charge in [-0.3, -0.25) is 14.7 Å². The molecule has 0 saturated carbocycles. The highest BCUT2D eigenvalue weighted by Gasteiger charge is 2.21. The van der Waals surface area contributed by atoms with E-state index in [0.29, 0.717) is 18.7 Å². The summed E-state index contributed by atoms with van der Waals surface area (Å²) in [4.78, 5) is 20.7. The zero-order valence-corrected chi connectivity index (χ0v) is 9.85. The van der Waals surface area contributed by atoms with E-state index in [4.69, 9.17) is 10.2 Å². The predicted octanol–water partition coefficient (Wildman–Crippen LogP) is 0.503. The number of anilines is 1. The highest BCUT2D eigenvalue weighted by molar-refractivity contribution is 5.27. The van der Waals surface area contributed by atoms with Gasteiger partial charge in [0.05, 0.1) is 24.1 Å². The molecule has 0 spiro atoms. The number of furan rings is 1. The minimum absolute atomic E-state index is 0.137. The van der Waals surface area contributed by atoms with Gasteiger partial charge in [0.25, 0.3) is 5.56 Å². The van der Waals surface area contributed by atoms with Gasteiger partial charge in [0.15, 0.2) is 0 Å². The first-order valence-corrected chi connectivity index (χ1v) is 5.84. The van der Waals surface area contributed by atoms with Crippen molar-refractivity contribution in [1.29, 1.82) is 0 Å². The summed E-state index contributed by atoms with van der Waals surface area (Å²) in [6.07, 6.45) is 2.40. The fraction of sp³-hybridized carbons (Fsp3) is 0.333. The second kappa shape index (κ2) is 4.30. The Balaban J connectivity index is 1.83. The standard InChI is InChI=1S/C12H14N4O2/c13-12-14-10-3-4-16(6-8-2-1-5-18-8)7-9(10)11(17)15-12/h1-2,5H,3-4,6-7H2,(H3,13,14,15,17). The first kappa shape index (κ1) is 11.0. The molecule has 2 aromatic rings. The smallest absolute Gasteiger partial charge is 0.257 e. The molecule has 2 aromatic heterocycles. The molecule has 0 aromatic carbocycles. The van der Waals surface area contributed by atoms with Gasteiger partial charge in [0.1, 0.15) is 5.76 Å². The Morgan fingerprint density at radius 2 is 2.44 bits per heavy atom.